The molecule has 2 saturated carbocycles. The number of unbranched alkanes of at least 4 members (excludes halogenated alkanes) is 1. The summed E-state index contributed by atoms with van der Waals surface area (Å²) in [4.78, 5) is 83.9. The van der Waals surface area contributed by atoms with Gasteiger partial charge in [-0.3, -0.25) is 14.4 Å². The van der Waals surface area contributed by atoms with Crippen molar-refractivity contribution in [1.29, 1.82) is 0 Å². The summed E-state index contributed by atoms with van der Waals surface area (Å²) in [5.41, 5.74) is -6.79. The molecule has 3 N–H and O–H groups in total. The van der Waals surface area contributed by atoms with Crippen LogP contribution in [0.4, 0.5) is 4.79 Å². The van der Waals surface area contributed by atoms with Gasteiger partial charge in [0, 0.05) is 32.1 Å². The van der Waals surface area contributed by atoms with Crippen molar-refractivity contribution in [3.8, 4) is 0 Å². The van der Waals surface area contributed by atoms with Crippen LogP contribution in [0, 0.1) is 16.7 Å². The number of ketones is 1. The van der Waals surface area contributed by atoms with Gasteiger partial charge in [0.2, 0.25) is 0 Å². The number of nitrogens with one attached hydrogen (secondary N) is 1. The quantitative estimate of drug-likeness (QED) is 0.0690. The fourth-order valence-electron chi connectivity index (χ4n) is 10.2. The lowest BCUT2D eigenvalue weighted by molar-refractivity contribution is -0.347. The lowest BCUT2D eigenvalue weighted by atomic mass is 9.44. The van der Waals surface area contributed by atoms with E-state index in [9.17, 15) is 34.2 Å². The van der Waals surface area contributed by atoms with Gasteiger partial charge in [-0.05, 0) is 55.4 Å². The zero-order valence-corrected chi connectivity index (χ0v) is 38.3. The summed E-state index contributed by atoms with van der Waals surface area (Å²) in [5, 5.41) is 28.2. The topological polar surface area (TPSA) is 220 Å². The molecule has 6 rings (SSSR count). The number of benzene rings is 2. The number of carbonyl (C=O) groups excluding carboxylic acids is 6. The Labute approximate surface area is 377 Å². The number of aliphatic hydroxyl groups is 2. The predicted molar refractivity (Wildman–Crippen MR) is 230 cm³/mol. The summed E-state index contributed by atoms with van der Waals surface area (Å²) in [5.74, 6) is -5.73. The highest BCUT2D eigenvalue weighted by Gasteiger charge is 2.78. The normalized spacial score (nSPS) is 31.2. The van der Waals surface area contributed by atoms with Gasteiger partial charge in [0.05, 0.1) is 48.2 Å². The summed E-state index contributed by atoms with van der Waals surface area (Å²) >= 11 is 1.34. The summed E-state index contributed by atoms with van der Waals surface area (Å²) in [6.45, 7) is 10.4. The highest BCUT2D eigenvalue weighted by molar-refractivity contribution is 7.98. The van der Waals surface area contributed by atoms with Crippen LogP contribution in [0.5, 0.6) is 0 Å². The first-order valence-corrected chi connectivity index (χ1v) is 22.9. The van der Waals surface area contributed by atoms with E-state index in [4.69, 9.17) is 33.2 Å². The van der Waals surface area contributed by atoms with E-state index < -0.39 is 113 Å². The monoisotopic (exact) mass is 909 g/mol. The summed E-state index contributed by atoms with van der Waals surface area (Å²) < 4.78 is 42.6. The van der Waals surface area contributed by atoms with E-state index in [0.29, 0.717) is 12.0 Å². The standard InChI is InChI=1S/C47H59NO15S/c1-9-10-21-57-43(55)48-35(29-17-13-11-14-18-29)36(51)42(54)61-31-23-47(56)40(62-41(53)30-19-15-12-16-20-30)38-45(7,39(52)37(60-27(3)49)34(26(31)2)44(47,5)6)32(59-25-64-8)22-33-46(38,24-58-33)63-28(4)50/h11-20,31-33,35-38,40,51,56H,9-10,21-25H2,1-8H3,(H,48,55)/t31-,32-,33+,35-,36+,37+,38-,40-,45+,46-,47+/m0/s1. The van der Waals surface area contributed by atoms with Gasteiger partial charge in [0.1, 0.15) is 23.9 Å². The number of thioether (sulfide) groups is 1. The SMILES string of the molecule is CCCCOC(=O)N[C@@H](c1ccccc1)[C@@H](O)C(=O)O[C@H]1C[C@@]2(O)[C@@H](OC(=O)c3ccccc3)[C@@H]3[C@]4(OC(C)=O)CO[C@@H]4C[C@H](OCSC)[C@@]3(C)C(=O)[C@H](OC(C)=O)C(=C1C)C2(C)C. The van der Waals surface area contributed by atoms with Gasteiger partial charge in [-0.1, -0.05) is 75.7 Å². The largest absolute Gasteiger partial charge is 0.456 e. The summed E-state index contributed by atoms with van der Waals surface area (Å²) in [6, 6.07) is 14.9. The molecule has 0 aromatic heterocycles. The fourth-order valence-corrected chi connectivity index (χ4v) is 10.5. The first-order valence-electron chi connectivity index (χ1n) is 21.5. The second kappa shape index (κ2) is 19.3. The number of aliphatic hydroxyl groups excluding tert-OH is 1. The van der Waals surface area contributed by atoms with Crippen molar-refractivity contribution in [1.82, 2.24) is 5.32 Å². The van der Waals surface area contributed by atoms with Crippen LogP contribution in [0.15, 0.2) is 71.8 Å². The van der Waals surface area contributed by atoms with Crippen LogP contribution in [0.1, 0.15) is 96.1 Å². The molecule has 2 aromatic rings. The van der Waals surface area contributed by atoms with Gasteiger partial charge in [-0.25, -0.2) is 14.4 Å². The highest BCUT2D eigenvalue weighted by atomic mass is 32.2. The molecule has 4 aliphatic rings. The van der Waals surface area contributed by atoms with Crippen LogP contribution in [-0.4, -0.2) is 119 Å². The van der Waals surface area contributed by atoms with Crippen molar-refractivity contribution in [2.24, 2.45) is 16.7 Å². The molecule has 0 unspecified atom stereocenters. The molecule has 2 bridgehead atoms. The van der Waals surface area contributed by atoms with Crippen LogP contribution in [-0.2, 0) is 52.3 Å². The number of fused-ring (bicyclic) bond motifs is 5. The van der Waals surface area contributed by atoms with Gasteiger partial charge in [-0.2, -0.15) is 0 Å². The van der Waals surface area contributed by atoms with E-state index in [1.165, 1.54) is 30.8 Å². The summed E-state index contributed by atoms with van der Waals surface area (Å²) in [7, 11) is 0. The lowest BCUT2D eigenvalue weighted by Gasteiger charge is -2.67. The molecule has 3 aliphatic carbocycles. The fraction of sp³-hybridized carbons (Fsp3) is 0.574. The maximum atomic E-state index is 15.9. The Kier molecular flexibility index (Phi) is 14.7. The van der Waals surface area contributed by atoms with Crippen molar-refractivity contribution in [2.75, 3.05) is 25.4 Å². The summed E-state index contributed by atoms with van der Waals surface area (Å²) in [6.07, 6.45) is -7.13. The van der Waals surface area contributed by atoms with Crippen LogP contribution in [0.3, 0.4) is 0 Å². The molecule has 2 aromatic carbocycles. The van der Waals surface area contributed by atoms with Gasteiger partial charge in [-0.15, -0.1) is 11.8 Å². The first-order chi connectivity index (χ1) is 30.3. The van der Waals surface area contributed by atoms with Crippen LogP contribution >= 0.6 is 11.8 Å². The minimum absolute atomic E-state index is 0.0411. The molecular weight excluding hydrogens is 851 g/mol. The molecule has 17 heteroatoms. The third-order valence-corrected chi connectivity index (χ3v) is 13.9. The van der Waals surface area contributed by atoms with Crippen LogP contribution < -0.4 is 5.32 Å². The van der Waals surface area contributed by atoms with Crippen LogP contribution in [0.25, 0.3) is 0 Å². The maximum Gasteiger partial charge on any atom is 0.407 e. The Morgan fingerprint density at radius 3 is 2.19 bits per heavy atom. The van der Waals surface area contributed by atoms with Crippen molar-refractivity contribution in [3.05, 3.63) is 82.9 Å². The Hall–Kier alpha value is -4.81. The molecule has 0 radical (unpaired) electrons. The predicted octanol–water partition coefficient (Wildman–Crippen LogP) is 5.18. The first kappa shape index (κ1) is 48.6. The second-order valence-corrected chi connectivity index (χ2v) is 18.5. The van der Waals surface area contributed by atoms with Crippen molar-refractivity contribution in [2.45, 2.75) is 128 Å². The smallest absolute Gasteiger partial charge is 0.407 e. The molecule has 1 saturated heterocycles. The lowest BCUT2D eigenvalue weighted by Crippen LogP contribution is -2.82. The number of alkyl carbamates (subject to hydrolysis) is 1. The third kappa shape index (κ3) is 8.81. The number of Topliss-reactive ketones (excluding diaryl/α,β-unsaturated/α-hetero) is 1. The number of carbonyl (C=O) groups is 6. The zero-order chi connectivity index (χ0) is 46.8. The Balaban J connectivity index is 1.55. The van der Waals surface area contributed by atoms with E-state index in [1.807, 2.05) is 6.92 Å². The molecular formula is C47H59NO15S. The molecule has 1 amide bonds. The number of rotatable bonds is 15. The molecule has 1 heterocycles. The van der Waals surface area contributed by atoms with Gasteiger partial charge in [0.25, 0.3) is 0 Å². The third-order valence-electron chi connectivity index (χ3n) is 13.5. The number of ether oxygens (including phenoxy) is 7. The van der Waals surface area contributed by atoms with Crippen LogP contribution in [0.2, 0.25) is 0 Å². The molecule has 64 heavy (non-hydrogen) atoms. The van der Waals surface area contributed by atoms with Crippen molar-refractivity contribution >= 4 is 47.5 Å². The molecule has 3 fully saturated rings. The van der Waals surface area contributed by atoms with Gasteiger partial charge < -0.3 is 48.7 Å². The second-order valence-electron chi connectivity index (χ2n) is 17.7. The Morgan fingerprint density at radius 1 is 0.953 bits per heavy atom. The van der Waals surface area contributed by atoms with E-state index in [1.54, 1.807) is 82.5 Å². The molecule has 348 valence electrons. The molecule has 16 nitrogen and oxygen atoms in total. The number of hydrogen-bond acceptors (Lipinski definition) is 16. The average molecular weight is 910 g/mol. The minimum Gasteiger partial charge on any atom is -0.456 e. The van der Waals surface area contributed by atoms with Crippen molar-refractivity contribution < 1.29 is 72.1 Å². The van der Waals surface area contributed by atoms with Gasteiger partial charge >= 0.3 is 30.0 Å². The maximum absolute atomic E-state index is 15.9. The Morgan fingerprint density at radius 2 is 1.61 bits per heavy atom. The molecule has 1 aliphatic heterocycles. The average Bonchev–Trinajstić information content (AvgIpc) is 3.25. The highest BCUT2D eigenvalue weighted by Crippen LogP contribution is 2.65. The number of hydrogen-bond donors (Lipinski definition) is 3. The van der Waals surface area contributed by atoms with E-state index >= 15 is 4.79 Å². The molecule has 11 atom stereocenters. The van der Waals surface area contributed by atoms with E-state index in [-0.39, 0.29) is 42.3 Å². The van der Waals surface area contributed by atoms with E-state index in [2.05, 4.69) is 5.32 Å². The Bertz CT molecular complexity index is 2110. The van der Waals surface area contributed by atoms with Crippen molar-refractivity contribution in [3.63, 3.8) is 0 Å². The molecule has 0 spiro atoms. The number of esters is 4. The number of amides is 1. The van der Waals surface area contributed by atoms with E-state index in [0.717, 1.165) is 13.3 Å². The minimum atomic E-state index is -2.35. The zero-order valence-electron chi connectivity index (χ0n) is 37.5. The van der Waals surface area contributed by atoms with Gasteiger partial charge in [0.15, 0.2) is 23.6 Å².